The number of ether oxygens (including phenoxy) is 1. The van der Waals surface area contributed by atoms with Crippen LogP contribution in [0.15, 0.2) is 24.4 Å². The maximum Gasteiger partial charge on any atom is 0.321 e. The number of fused-ring (bicyclic) bond motifs is 2. The van der Waals surface area contributed by atoms with Gasteiger partial charge >= 0.3 is 6.03 Å². The Morgan fingerprint density at radius 3 is 2.86 bits per heavy atom. The Morgan fingerprint density at radius 1 is 1.31 bits per heavy atom. The smallest absolute Gasteiger partial charge is 0.321 e. The van der Waals surface area contributed by atoms with Crippen LogP contribution in [0.25, 0.3) is 0 Å². The summed E-state index contributed by atoms with van der Waals surface area (Å²) in [7, 11) is 5.56. The minimum absolute atomic E-state index is 0.0484. The van der Waals surface area contributed by atoms with Crippen molar-refractivity contribution < 1.29 is 9.53 Å². The number of benzene rings is 1. The van der Waals surface area contributed by atoms with Crippen LogP contribution in [0.1, 0.15) is 36.1 Å². The number of methoxy groups -OCH3 is 1. The predicted octanol–water partition coefficient (Wildman–Crippen LogP) is 3.37. The molecule has 1 aromatic carbocycles. The number of likely N-dealkylation sites (tertiary alicyclic amines) is 1. The molecule has 1 fully saturated rings. The molecule has 4 rings (SSSR count). The van der Waals surface area contributed by atoms with Gasteiger partial charge in [-0.05, 0) is 61.9 Å². The second-order valence-corrected chi connectivity index (χ2v) is 8.35. The van der Waals surface area contributed by atoms with Crippen molar-refractivity contribution in [2.75, 3.05) is 44.5 Å². The first-order valence-electron chi connectivity index (χ1n) is 10.2. The first-order valence-corrected chi connectivity index (χ1v) is 10.2. The normalized spacial score (nSPS) is 20.5. The summed E-state index contributed by atoms with van der Waals surface area (Å²) in [5.41, 5.74) is 4.10. The van der Waals surface area contributed by atoms with Gasteiger partial charge in [-0.15, -0.1) is 0 Å². The van der Waals surface area contributed by atoms with Crippen molar-refractivity contribution in [3.05, 3.63) is 41.2 Å². The maximum absolute atomic E-state index is 13.0. The van der Waals surface area contributed by atoms with E-state index in [0.717, 1.165) is 60.9 Å². The minimum atomic E-state index is -0.0619. The topological polar surface area (TPSA) is 70.6 Å². The molecule has 1 unspecified atom stereocenters. The van der Waals surface area contributed by atoms with Crippen LogP contribution < -0.4 is 15.0 Å². The van der Waals surface area contributed by atoms with E-state index in [4.69, 9.17) is 9.72 Å². The number of nitrogens with zero attached hydrogens (tertiary/aromatic N) is 4. The number of carbonyl (C=O) groups is 1. The highest BCUT2D eigenvalue weighted by Gasteiger charge is 2.45. The van der Waals surface area contributed by atoms with Gasteiger partial charge in [0.15, 0.2) is 0 Å². The molecule has 1 aromatic heterocycles. The highest BCUT2D eigenvalue weighted by molar-refractivity contribution is 5.90. The van der Waals surface area contributed by atoms with E-state index in [1.807, 2.05) is 55.2 Å². The zero-order valence-electron chi connectivity index (χ0n) is 17.7. The first-order chi connectivity index (χ1) is 13.9. The lowest BCUT2D eigenvalue weighted by molar-refractivity contribution is 0.157. The van der Waals surface area contributed by atoms with E-state index in [1.165, 1.54) is 5.56 Å². The average molecular weight is 396 g/mol. The number of hydrogen-bond donors (Lipinski definition) is 1. The van der Waals surface area contributed by atoms with Crippen molar-refractivity contribution in [2.24, 2.45) is 0 Å². The third-order valence-electron chi connectivity index (χ3n) is 6.17. The van der Waals surface area contributed by atoms with Gasteiger partial charge in [-0.25, -0.2) is 14.8 Å². The molecule has 1 saturated heterocycles. The fraction of sp³-hybridized carbons (Fsp3) is 0.500. The largest absolute Gasteiger partial charge is 0.497 e. The Labute approximate surface area is 172 Å². The molecule has 7 nitrogen and oxygen atoms in total. The molecule has 1 aliphatic carbocycles. The van der Waals surface area contributed by atoms with Gasteiger partial charge in [0.05, 0.1) is 12.8 Å². The number of rotatable bonds is 3. The molecule has 1 N–H and O–H groups in total. The van der Waals surface area contributed by atoms with Gasteiger partial charge in [0, 0.05) is 44.5 Å². The Bertz CT molecular complexity index is 925. The van der Waals surface area contributed by atoms with E-state index < -0.39 is 0 Å². The monoisotopic (exact) mass is 395 g/mol. The summed E-state index contributed by atoms with van der Waals surface area (Å²) in [5.74, 6) is 1.52. The summed E-state index contributed by atoms with van der Waals surface area (Å²) in [5, 5.41) is 3.08. The molecule has 2 heterocycles. The second-order valence-electron chi connectivity index (χ2n) is 8.35. The first kappa shape index (κ1) is 19.5. The standard InChI is InChI=1S/C22H29N5O2/c1-15-12-17(29-4)6-7-18(15)24-21(28)27-11-5-9-22(14-27)10-8-16-13-23-20(26(2)3)25-19(16)22/h6-7,12-13H,5,8-11,14H2,1-4H3,(H,24,28). The maximum atomic E-state index is 13.0. The van der Waals surface area contributed by atoms with Gasteiger partial charge in [0.2, 0.25) is 5.95 Å². The van der Waals surface area contributed by atoms with Crippen LogP contribution in [0.5, 0.6) is 5.75 Å². The molecule has 1 aliphatic heterocycles. The molecule has 29 heavy (non-hydrogen) atoms. The molecule has 1 spiro atoms. The van der Waals surface area contributed by atoms with Gasteiger partial charge in [-0.2, -0.15) is 0 Å². The minimum Gasteiger partial charge on any atom is -0.497 e. The van der Waals surface area contributed by atoms with Crippen molar-refractivity contribution in [3.8, 4) is 5.75 Å². The lowest BCUT2D eigenvalue weighted by Gasteiger charge is -2.40. The number of aryl methyl sites for hydroxylation is 2. The zero-order chi connectivity index (χ0) is 20.6. The number of anilines is 2. The van der Waals surface area contributed by atoms with Crippen LogP contribution in [0.3, 0.4) is 0 Å². The van der Waals surface area contributed by atoms with E-state index in [2.05, 4.69) is 10.3 Å². The van der Waals surface area contributed by atoms with Crippen LogP contribution in [0.2, 0.25) is 0 Å². The molecule has 0 bridgehead atoms. The quantitative estimate of drug-likeness (QED) is 0.863. The fourth-order valence-corrected chi connectivity index (χ4v) is 4.55. The van der Waals surface area contributed by atoms with Crippen molar-refractivity contribution in [2.45, 2.75) is 38.0 Å². The third-order valence-corrected chi connectivity index (χ3v) is 6.17. The van der Waals surface area contributed by atoms with Gasteiger partial charge in [-0.1, -0.05) is 0 Å². The summed E-state index contributed by atoms with van der Waals surface area (Å²) in [4.78, 5) is 26.3. The van der Waals surface area contributed by atoms with Crippen molar-refractivity contribution in [3.63, 3.8) is 0 Å². The van der Waals surface area contributed by atoms with E-state index in [-0.39, 0.29) is 11.4 Å². The van der Waals surface area contributed by atoms with Crippen LogP contribution in [0.4, 0.5) is 16.4 Å². The van der Waals surface area contributed by atoms with Crippen molar-refractivity contribution >= 4 is 17.7 Å². The Balaban J connectivity index is 1.54. The molecule has 2 amide bonds. The number of urea groups is 1. The summed E-state index contributed by atoms with van der Waals surface area (Å²) >= 11 is 0. The fourth-order valence-electron chi connectivity index (χ4n) is 4.55. The highest BCUT2D eigenvalue weighted by Crippen LogP contribution is 2.44. The number of carbonyl (C=O) groups excluding carboxylic acids is 1. The lowest BCUT2D eigenvalue weighted by Crippen LogP contribution is -2.49. The molecular weight excluding hydrogens is 366 g/mol. The van der Waals surface area contributed by atoms with Crippen molar-refractivity contribution in [1.29, 1.82) is 0 Å². The summed E-state index contributed by atoms with van der Waals surface area (Å²) in [6.07, 6.45) is 6.02. The molecule has 1 atom stereocenters. The predicted molar refractivity (Wildman–Crippen MR) is 114 cm³/mol. The summed E-state index contributed by atoms with van der Waals surface area (Å²) in [6.45, 7) is 3.44. The second kappa shape index (κ2) is 7.54. The highest BCUT2D eigenvalue weighted by atomic mass is 16.5. The van der Waals surface area contributed by atoms with Crippen LogP contribution in [-0.2, 0) is 11.8 Å². The Hall–Kier alpha value is -2.83. The number of amides is 2. The molecule has 7 heteroatoms. The molecule has 0 saturated carbocycles. The Kier molecular flexibility index (Phi) is 5.06. The number of hydrogen-bond acceptors (Lipinski definition) is 5. The zero-order valence-corrected chi connectivity index (χ0v) is 17.7. The number of piperidine rings is 1. The molecule has 0 radical (unpaired) electrons. The van der Waals surface area contributed by atoms with E-state index >= 15 is 0 Å². The lowest BCUT2D eigenvalue weighted by atomic mass is 9.77. The Morgan fingerprint density at radius 2 is 2.14 bits per heavy atom. The number of nitrogens with one attached hydrogen (secondary N) is 1. The van der Waals surface area contributed by atoms with Crippen LogP contribution >= 0.6 is 0 Å². The van der Waals surface area contributed by atoms with Crippen LogP contribution in [-0.4, -0.2) is 55.2 Å². The number of aromatic nitrogens is 2. The van der Waals surface area contributed by atoms with Gasteiger partial charge in [0.25, 0.3) is 0 Å². The molecule has 2 aliphatic rings. The van der Waals surface area contributed by atoms with Gasteiger partial charge in [-0.3, -0.25) is 0 Å². The molecule has 154 valence electrons. The average Bonchev–Trinajstić information content (AvgIpc) is 3.06. The summed E-state index contributed by atoms with van der Waals surface area (Å²) in [6, 6.07) is 5.65. The summed E-state index contributed by atoms with van der Waals surface area (Å²) < 4.78 is 5.26. The third kappa shape index (κ3) is 3.61. The van der Waals surface area contributed by atoms with Gasteiger partial charge < -0.3 is 19.9 Å². The van der Waals surface area contributed by atoms with Crippen LogP contribution in [0, 0.1) is 6.92 Å². The molecule has 2 aromatic rings. The van der Waals surface area contributed by atoms with E-state index in [1.54, 1.807) is 7.11 Å². The SMILES string of the molecule is COc1ccc(NC(=O)N2CCCC3(CCc4cnc(N(C)C)nc43)C2)c(C)c1. The van der Waals surface area contributed by atoms with E-state index in [0.29, 0.717) is 6.54 Å². The molecular formula is C22H29N5O2. The van der Waals surface area contributed by atoms with Gasteiger partial charge in [0.1, 0.15) is 5.75 Å². The van der Waals surface area contributed by atoms with Crippen molar-refractivity contribution in [1.82, 2.24) is 14.9 Å². The van der Waals surface area contributed by atoms with E-state index in [9.17, 15) is 4.79 Å².